The van der Waals surface area contributed by atoms with Crippen LogP contribution in [0.25, 0.3) is 0 Å². The molecular formula is C15H20N2O4. The van der Waals surface area contributed by atoms with E-state index in [9.17, 15) is 19.8 Å². The Bertz CT molecular complexity index is 497. The van der Waals surface area contributed by atoms with Gasteiger partial charge in [0.2, 0.25) is 5.91 Å². The molecule has 2 rings (SSSR count). The second-order valence-electron chi connectivity index (χ2n) is 5.40. The van der Waals surface area contributed by atoms with Gasteiger partial charge in [-0.1, -0.05) is 12.1 Å². The summed E-state index contributed by atoms with van der Waals surface area (Å²) in [5.74, 6) is -0.593. The standard InChI is InChI=1S/C15H20N2O4/c18-12-5-3-10(4-6-12)7-13(15(20)21)17-14(19)9-16-8-11-1-2-11/h3-6,11,13,16,18H,1-2,7-9H2,(H,17,19)(H,20,21)/t13-/m0/s1. The summed E-state index contributed by atoms with van der Waals surface area (Å²) in [6, 6.07) is 5.30. The van der Waals surface area contributed by atoms with Crippen molar-refractivity contribution in [2.45, 2.75) is 25.3 Å². The van der Waals surface area contributed by atoms with Crippen molar-refractivity contribution in [3.8, 4) is 5.75 Å². The molecule has 114 valence electrons. The SMILES string of the molecule is O=C(CNCC1CC1)N[C@@H](Cc1ccc(O)cc1)C(=O)O. The lowest BCUT2D eigenvalue weighted by atomic mass is 10.1. The normalized spacial score (nSPS) is 15.4. The molecule has 1 saturated carbocycles. The van der Waals surface area contributed by atoms with E-state index in [1.165, 1.54) is 25.0 Å². The first-order valence-electron chi connectivity index (χ1n) is 7.05. The second-order valence-corrected chi connectivity index (χ2v) is 5.40. The predicted octanol–water partition coefficient (Wildman–Crippen LogP) is 0.504. The Balaban J connectivity index is 1.81. The monoisotopic (exact) mass is 292 g/mol. The van der Waals surface area contributed by atoms with E-state index in [1.807, 2.05) is 0 Å². The Morgan fingerprint density at radius 3 is 2.48 bits per heavy atom. The van der Waals surface area contributed by atoms with Crippen molar-refractivity contribution in [2.24, 2.45) is 5.92 Å². The van der Waals surface area contributed by atoms with Crippen LogP contribution in [-0.4, -0.2) is 41.2 Å². The molecule has 1 fully saturated rings. The van der Waals surface area contributed by atoms with Gasteiger partial charge in [0.05, 0.1) is 6.54 Å². The van der Waals surface area contributed by atoms with Gasteiger partial charge >= 0.3 is 5.97 Å². The molecular weight excluding hydrogens is 272 g/mol. The number of carbonyl (C=O) groups excluding carboxylic acids is 1. The summed E-state index contributed by atoms with van der Waals surface area (Å²) in [6.07, 6.45) is 2.59. The predicted molar refractivity (Wildman–Crippen MR) is 77.0 cm³/mol. The van der Waals surface area contributed by atoms with E-state index in [0.717, 1.165) is 12.1 Å². The number of aromatic hydroxyl groups is 1. The fourth-order valence-electron chi connectivity index (χ4n) is 2.02. The van der Waals surface area contributed by atoms with Gasteiger partial charge in [-0.3, -0.25) is 4.79 Å². The molecule has 6 heteroatoms. The van der Waals surface area contributed by atoms with Crippen LogP contribution in [0.5, 0.6) is 5.75 Å². The van der Waals surface area contributed by atoms with Crippen molar-refractivity contribution in [2.75, 3.05) is 13.1 Å². The van der Waals surface area contributed by atoms with Crippen LogP contribution in [0, 0.1) is 5.92 Å². The Morgan fingerprint density at radius 1 is 1.24 bits per heavy atom. The molecule has 21 heavy (non-hydrogen) atoms. The van der Waals surface area contributed by atoms with E-state index in [4.69, 9.17) is 0 Å². The average Bonchev–Trinajstić information content (AvgIpc) is 3.24. The highest BCUT2D eigenvalue weighted by Gasteiger charge is 2.22. The largest absolute Gasteiger partial charge is 0.508 e. The number of carboxylic acids is 1. The summed E-state index contributed by atoms with van der Waals surface area (Å²) in [6.45, 7) is 0.943. The zero-order valence-corrected chi connectivity index (χ0v) is 11.7. The van der Waals surface area contributed by atoms with Crippen molar-refractivity contribution < 1.29 is 19.8 Å². The van der Waals surface area contributed by atoms with E-state index < -0.39 is 12.0 Å². The summed E-state index contributed by atoms with van der Waals surface area (Å²) in [5, 5.41) is 23.9. The minimum atomic E-state index is -1.07. The summed E-state index contributed by atoms with van der Waals surface area (Å²) in [5.41, 5.74) is 0.742. The molecule has 0 unspecified atom stereocenters. The molecule has 6 nitrogen and oxygen atoms in total. The van der Waals surface area contributed by atoms with Crippen molar-refractivity contribution in [3.05, 3.63) is 29.8 Å². The highest BCUT2D eigenvalue weighted by molar-refractivity contribution is 5.84. The smallest absolute Gasteiger partial charge is 0.326 e. The van der Waals surface area contributed by atoms with Gasteiger partial charge in [-0.2, -0.15) is 0 Å². The van der Waals surface area contributed by atoms with Crippen LogP contribution in [0.15, 0.2) is 24.3 Å². The van der Waals surface area contributed by atoms with Gasteiger partial charge in [-0.15, -0.1) is 0 Å². The molecule has 0 aliphatic heterocycles. The lowest BCUT2D eigenvalue weighted by Gasteiger charge is -2.15. The number of hydrogen-bond acceptors (Lipinski definition) is 4. The number of phenolic OH excluding ortho intramolecular Hbond substituents is 1. The van der Waals surface area contributed by atoms with Crippen molar-refractivity contribution in [1.29, 1.82) is 0 Å². The first-order valence-corrected chi connectivity index (χ1v) is 7.05. The summed E-state index contributed by atoms with van der Waals surface area (Å²) in [7, 11) is 0. The lowest BCUT2D eigenvalue weighted by Crippen LogP contribution is -2.46. The van der Waals surface area contributed by atoms with E-state index in [2.05, 4.69) is 10.6 Å². The number of rotatable bonds is 8. The van der Waals surface area contributed by atoms with Crippen LogP contribution < -0.4 is 10.6 Å². The first kappa shape index (κ1) is 15.3. The molecule has 0 saturated heterocycles. The third-order valence-electron chi connectivity index (χ3n) is 3.42. The zero-order valence-electron chi connectivity index (χ0n) is 11.7. The molecule has 1 atom stereocenters. The van der Waals surface area contributed by atoms with Crippen molar-refractivity contribution in [3.63, 3.8) is 0 Å². The van der Waals surface area contributed by atoms with E-state index in [1.54, 1.807) is 12.1 Å². The number of phenols is 1. The number of nitrogens with one attached hydrogen (secondary N) is 2. The van der Waals surface area contributed by atoms with Crippen LogP contribution in [0.1, 0.15) is 18.4 Å². The summed E-state index contributed by atoms with van der Waals surface area (Å²) < 4.78 is 0. The van der Waals surface area contributed by atoms with E-state index in [-0.39, 0.29) is 24.6 Å². The minimum Gasteiger partial charge on any atom is -0.508 e. The summed E-state index contributed by atoms with van der Waals surface area (Å²) >= 11 is 0. The Labute approximate surface area is 123 Å². The van der Waals surface area contributed by atoms with Crippen molar-refractivity contribution >= 4 is 11.9 Å². The molecule has 0 radical (unpaired) electrons. The molecule has 0 bridgehead atoms. The second kappa shape index (κ2) is 7.08. The number of carboxylic acid groups (broad SMARTS) is 1. The molecule has 4 N–H and O–H groups in total. The third-order valence-corrected chi connectivity index (χ3v) is 3.42. The molecule has 1 aromatic rings. The average molecular weight is 292 g/mol. The van der Waals surface area contributed by atoms with E-state index >= 15 is 0 Å². The highest BCUT2D eigenvalue weighted by Crippen LogP contribution is 2.27. The number of benzene rings is 1. The molecule has 0 spiro atoms. The van der Waals surface area contributed by atoms with Gasteiger partial charge in [0.15, 0.2) is 0 Å². The lowest BCUT2D eigenvalue weighted by molar-refractivity contribution is -0.141. The molecule has 1 aliphatic carbocycles. The maximum atomic E-state index is 11.7. The fourth-order valence-corrected chi connectivity index (χ4v) is 2.02. The highest BCUT2D eigenvalue weighted by atomic mass is 16.4. The molecule has 0 heterocycles. The van der Waals surface area contributed by atoms with Crippen LogP contribution >= 0.6 is 0 Å². The van der Waals surface area contributed by atoms with Crippen LogP contribution in [-0.2, 0) is 16.0 Å². The van der Waals surface area contributed by atoms with Crippen LogP contribution in [0.4, 0.5) is 0 Å². The van der Waals surface area contributed by atoms with Gasteiger partial charge in [-0.25, -0.2) is 4.79 Å². The van der Waals surface area contributed by atoms with Gasteiger partial charge in [-0.05, 0) is 43.0 Å². The maximum absolute atomic E-state index is 11.7. The number of hydrogen-bond donors (Lipinski definition) is 4. The topological polar surface area (TPSA) is 98.7 Å². The van der Waals surface area contributed by atoms with Gasteiger partial charge < -0.3 is 20.8 Å². The van der Waals surface area contributed by atoms with Crippen molar-refractivity contribution in [1.82, 2.24) is 10.6 Å². The van der Waals surface area contributed by atoms with Crippen LogP contribution in [0.3, 0.4) is 0 Å². The summed E-state index contributed by atoms with van der Waals surface area (Å²) in [4.78, 5) is 22.9. The maximum Gasteiger partial charge on any atom is 0.326 e. The Kier molecular flexibility index (Phi) is 5.16. The quantitative estimate of drug-likeness (QED) is 0.559. The third kappa shape index (κ3) is 5.43. The van der Waals surface area contributed by atoms with E-state index in [0.29, 0.717) is 5.92 Å². The fraction of sp³-hybridized carbons (Fsp3) is 0.467. The van der Waals surface area contributed by atoms with Gasteiger partial charge in [0, 0.05) is 6.42 Å². The minimum absolute atomic E-state index is 0.124. The molecule has 1 aliphatic rings. The first-order chi connectivity index (χ1) is 10.0. The number of carbonyl (C=O) groups is 2. The molecule has 1 aromatic carbocycles. The van der Waals surface area contributed by atoms with Gasteiger partial charge in [0.25, 0.3) is 0 Å². The zero-order chi connectivity index (χ0) is 15.2. The van der Waals surface area contributed by atoms with Gasteiger partial charge in [0.1, 0.15) is 11.8 Å². The number of amides is 1. The Hall–Kier alpha value is -2.08. The molecule has 1 amide bonds. The Morgan fingerprint density at radius 2 is 1.90 bits per heavy atom. The van der Waals surface area contributed by atoms with Crippen LogP contribution in [0.2, 0.25) is 0 Å². The number of aliphatic carboxylic acids is 1. The molecule has 0 aromatic heterocycles.